The van der Waals surface area contributed by atoms with Crippen LogP contribution in [0.15, 0.2) is 54.6 Å². The third-order valence-corrected chi connectivity index (χ3v) is 3.33. The van der Waals surface area contributed by atoms with Crippen molar-refractivity contribution in [3.8, 4) is 0 Å². The molecule has 3 rings (SSSR count). The van der Waals surface area contributed by atoms with Gasteiger partial charge in [-0.05, 0) is 24.3 Å². The summed E-state index contributed by atoms with van der Waals surface area (Å²) in [4.78, 5) is 15.1. The zero-order valence-corrected chi connectivity index (χ0v) is 10.8. The maximum atomic E-state index is 13.0. The molecule has 2 unspecified atom stereocenters. The van der Waals surface area contributed by atoms with Crippen LogP contribution in [0.4, 0.5) is 9.18 Å². The number of carbonyl (C=O) groups excluding carboxylic acids is 1. The summed E-state index contributed by atoms with van der Waals surface area (Å²) in [6.45, 7) is 7.49. The van der Waals surface area contributed by atoms with E-state index in [1.165, 1.54) is 24.3 Å². The van der Waals surface area contributed by atoms with Gasteiger partial charge in [0.15, 0.2) is 0 Å². The van der Waals surface area contributed by atoms with Crippen molar-refractivity contribution in [3.05, 3.63) is 83.0 Å². The van der Waals surface area contributed by atoms with Crippen molar-refractivity contribution in [1.29, 1.82) is 0 Å². The lowest BCUT2D eigenvalue weighted by molar-refractivity contribution is 0.0690. The van der Waals surface area contributed by atoms with E-state index in [1.54, 1.807) is 30.3 Å². The highest BCUT2D eigenvalue weighted by atomic mass is 19.1. The molecule has 0 radical (unpaired) electrons. The van der Waals surface area contributed by atoms with Crippen LogP contribution in [-0.4, -0.2) is 6.16 Å². The molecule has 1 heterocycles. The molecule has 0 aromatic heterocycles. The van der Waals surface area contributed by atoms with Gasteiger partial charge in [0.25, 0.3) is 6.10 Å². The summed E-state index contributed by atoms with van der Waals surface area (Å²) >= 11 is 0. The SMILES string of the molecule is [C-]#[N+]C1(c2ccccc2)OC(=O)OC1c1ccc(F)cc1. The first-order chi connectivity index (χ1) is 10.2. The lowest BCUT2D eigenvalue weighted by Crippen LogP contribution is -2.27. The fourth-order valence-corrected chi connectivity index (χ4v) is 2.35. The number of halogens is 1. The second-order valence-corrected chi connectivity index (χ2v) is 4.58. The maximum absolute atomic E-state index is 13.0. The molecule has 4 nitrogen and oxygen atoms in total. The van der Waals surface area contributed by atoms with Gasteiger partial charge in [-0.15, -0.1) is 0 Å². The van der Waals surface area contributed by atoms with Gasteiger partial charge in [0.1, 0.15) is 5.82 Å². The van der Waals surface area contributed by atoms with E-state index in [-0.39, 0.29) is 0 Å². The van der Waals surface area contributed by atoms with Gasteiger partial charge >= 0.3 is 11.9 Å². The van der Waals surface area contributed by atoms with Crippen molar-refractivity contribution in [1.82, 2.24) is 0 Å². The van der Waals surface area contributed by atoms with Crippen LogP contribution in [0, 0.1) is 12.4 Å². The lowest BCUT2D eigenvalue weighted by atomic mass is 9.92. The first-order valence-electron chi connectivity index (χ1n) is 6.25. The first kappa shape index (κ1) is 13.1. The second-order valence-electron chi connectivity index (χ2n) is 4.58. The molecular weight excluding hydrogens is 273 g/mol. The van der Waals surface area contributed by atoms with Crippen molar-refractivity contribution in [2.45, 2.75) is 11.8 Å². The number of rotatable bonds is 2. The Morgan fingerprint density at radius 3 is 2.38 bits per heavy atom. The molecule has 1 aliphatic rings. The predicted octanol–water partition coefficient (Wildman–Crippen LogP) is 3.81. The molecule has 2 atom stereocenters. The fraction of sp³-hybridized carbons (Fsp3) is 0.125. The van der Waals surface area contributed by atoms with E-state index < -0.39 is 23.8 Å². The molecule has 2 aromatic rings. The molecule has 5 heteroatoms. The van der Waals surface area contributed by atoms with Gasteiger partial charge < -0.3 is 9.47 Å². The van der Waals surface area contributed by atoms with Crippen molar-refractivity contribution in [3.63, 3.8) is 0 Å². The van der Waals surface area contributed by atoms with Crippen LogP contribution < -0.4 is 0 Å². The molecule has 1 aliphatic heterocycles. The van der Waals surface area contributed by atoms with E-state index in [0.29, 0.717) is 11.1 Å². The Morgan fingerprint density at radius 1 is 1.10 bits per heavy atom. The van der Waals surface area contributed by atoms with Crippen molar-refractivity contribution >= 4 is 6.16 Å². The molecule has 1 saturated heterocycles. The quantitative estimate of drug-likeness (QED) is 0.621. The molecule has 0 spiro atoms. The van der Waals surface area contributed by atoms with Crippen LogP contribution in [-0.2, 0) is 15.2 Å². The summed E-state index contributed by atoms with van der Waals surface area (Å²) in [7, 11) is 0. The lowest BCUT2D eigenvalue weighted by Gasteiger charge is -2.19. The van der Waals surface area contributed by atoms with Crippen molar-refractivity contribution in [2.24, 2.45) is 0 Å². The Labute approximate surface area is 120 Å². The van der Waals surface area contributed by atoms with Gasteiger partial charge in [0.05, 0.1) is 5.56 Å². The van der Waals surface area contributed by atoms with E-state index >= 15 is 0 Å². The minimum Gasteiger partial charge on any atom is -0.412 e. The van der Waals surface area contributed by atoms with Crippen LogP contribution in [0.25, 0.3) is 4.85 Å². The molecule has 0 amide bonds. The number of hydrogen-bond donors (Lipinski definition) is 0. The third kappa shape index (κ3) is 2.11. The minimum atomic E-state index is -1.59. The number of carbonyl (C=O) groups is 1. The van der Waals surface area contributed by atoms with Crippen LogP contribution in [0.3, 0.4) is 0 Å². The second kappa shape index (κ2) is 4.91. The molecule has 0 saturated carbocycles. The standard InChI is InChI=1S/C16H10FNO3/c1-18-16(12-5-3-2-4-6-12)14(20-15(19)21-16)11-7-9-13(17)10-8-11/h2-10,14H. The average molecular weight is 283 g/mol. The summed E-state index contributed by atoms with van der Waals surface area (Å²) in [5.74, 6) is -0.405. The number of cyclic esters (lactones) is 2. The molecule has 104 valence electrons. The molecule has 1 fully saturated rings. The largest absolute Gasteiger partial charge is 0.515 e. The average Bonchev–Trinajstić information content (AvgIpc) is 2.87. The number of ether oxygens (including phenoxy) is 2. The minimum absolute atomic E-state index is 0.405. The normalized spacial score (nSPS) is 24.0. The van der Waals surface area contributed by atoms with Crippen LogP contribution >= 0.6 is 0 Å². The Balaban J connectivity index is 2.12. The highest BCUT2D eigenvalue weighted by Gasteiger charge is 2.60. The van der Waals surface area contributed by atoms with Gasteiger partial charge in [-0.3, -0.25) is 4.85 Å². The van der Waals surface area contributed by atoms with E-state index in [9.17, 15) is 9.18 Å². The highest BCUT2D eigenvalue weighted by Crippen LogP contribution is 2.47. The number of nitrogens with zero attached hydrogens (tertiary/aromatic N) is 1. The summed E-state index contributed by atoms with van der Waals surface area (Å²) < 4.78 is 23.4. The summed E-state index contributed by atoms with van der Waals surface area (Å²) in [6, 6.07) is 14.1. The molecule has 0 bridgehead atoms. The zero-order chi connectivity index (χ0) is 14.9. The Morgan fingerprint density at radius 2 is 1.76 bits per heavy atom. The molecule has 0 N–H and O–H groups in total. The summed E-state index contributed by atoms with van der Waals surface area (Å²) in [6.07, 6.45) is -1.85. The Bertz CT molecular complexity index is 709. The van der Waals surface area contributed by atoms with E-state index in [2.05, 4.69) is 4.85 Å². The van der Waals surface area contributed by atoms with Gasteiger partial charge in [-0.1, -0.05) is 30.3 Å². The van der Waals surface area contributed by atoms with Crippen molar-refractivity contribution in [2.75, 3.05) is 0 Å². The molecule has 2 aromatic carbocycles. The van der Waals surface area contributed by atoms with Crippen LogP contribution in [0.5, 0.6) is 0 Å². The van der Waals surface area contributed by atoms with Gasteiger partial charge in [0, 0.05) is 5.56 Å². The fourth-order valence-electron chi connectivity index (χ4n) is 2.35. The summed E-state index contributed by atoms with van der Waals surface area (Å²) in [5.41, 5.74) is -0.571. The van der Waals surface area contributed by atoms with Crippen LogP contribution in [0.1, 0.15) is 17.2 Å². The maximum Gasteiger partial charge on any atom is 0.515 e. The zero-order valence-electron chi connectivity index (χ0n) is 10.8. The Hall–Kier alpha value is -2.87. The molecular formula is C16H10FNO3. The van der Waals surface area contributed by atoms with Gasteiger partial charge in [-0.2, -0.15) is 0 Å². The van der Waals surface area contributed by atoms with Crippen LogP contribution in [0.2, 0.25) is 0 Å². The molecule has 0 aliphatic carbocycles. The van der Waals surface area contributed by atoms with E-state index in [1.807, 2.05) is 0 Å². The van der Waals surface area contributed by atoms with Crippen molar-refractivity contribution < 1.29 is 18.7 Å². The third-order valence-electron chi connectivity index (χ3n) is 3.33. The highest BCUT2D eigenvalue weighted by molar-refractivity contribution is 5.65. The smallest absolute Gasteiger partial charge is 0.412 e. The number of benzene rings is 2. The first-order valence-corrected chi connectivity index (χ1v) is 6.25. The monoisotopic (exact) mass is 283 g/mol. The van der Waals surface area contributed by atoms with Gasteiger partial charge in [0.2, 0.25) is 0 Å². The number of hydrogen-bond acceptors (Lipinski definition) is 3. The van der Waals surface area contributed by atoms with Gasteiger partial charge in [-0.25, -0.2) is 15.8 Å². The predicted molar refractivity (Wildman–Crippen MR) is 71.4 cm³/mol. The topological polar surface area (TPSA) is 39.9 Å². The summed E-state index contributed by atoms with van der Waals surface area (Å²) in [5, 5.41) is 0. The van der Waals surface area contributed by atoms with E-state index in [0.717, 1.165) is 0 Å². The Kier molecular flexibility index (Phi) is 3.07. The molecule has 21 heavy (non-hydrogen) atoms. The van der Waals surface area contributed by atoms with E-state index in [4.69, 9.17) is 16.0 Å².